The molecule has 15 heavy (non-hydrogen) atoms. The van der Waals surface area contributed by atoms with Gasteiger partial charge in [-0.15, -0.1) is 0 Å². The molecular weight excluding hydrogens is 186 g/mol. The molecular formula is C12H21N3. The van der Waals surface area contributed by atoms with Gasteiger partial charge in [0.05, 0.1) is 12.6 Å². The van der Waals surface area contributed by atoms with Crippen LogP contribution in [0.15, 0.2) is 0 Å². The SMILES string of the molecule is N#CCN1CCC[C@@H](N2CCCCC2)C1. The first kappa shape index (κ1) is 10.9. The number of rotatable bonds is 2. The number of likely N-dealkylation sites (tertiary alicyclic amines) is 2. The van der Waals surface area contributed by atoms with Crippen LogP contribution in [0.1, 0.15) is 32.1 Å². The molecule has 84 valence electrons. The van der Waals surface area contributed by atoms with Crippen molar-refractivity contribution in [2.24, 2.45) is 0 Å². The monoisotopic (exact) mass is 207 g/mol. The first-order chi connectivity index (χ1) is 7.40. The van der Waals surface area contributed by atoms with Crippen molar-refractivity contribution in [3.8, 4) is 6.07 Å². The Bertz CT molecular complexity index is 228. The van der Waals surface area contributed by atoms with Crippen LogP contribution < -0.4 is 0 Å². The molecule has 0 aromatic rings. The van der Waals surface area contributed by atoms with Crippen molar-refractivity contribution in [2.45, 2.75) is 38.1 Å². The molecule has 0 saturated carbocycles. The fourth-order valence-corrected chi connectivity index (χ4v) is 2.86. The fraction of sp³-hybridized carbons (Fsp3) is 0.917. The molecule has 3 heteroatoms. The zero-order valence-corrected chi connectivity index (χ0v) is 9.49. The van der Waals surface area contributed by atoms with Crippen molar-refractivity contribution in [2.75, 3.05) is 32.7 Å². The average molecular weight is 207 g/mol. The molecule has 2 heterocycles. The molecule has 0 N–H and O–H groups in total. The normalized spacial score (nSPS) is 29.9. The molecule has 2 saturated heterocycles. The Labute approximate surface area is 92.7 Å². The van der Waals surface area contributed by atoms with Crippen LogP contribution in [-0.4, -0.2) is 48.6 Å². The number of hydrogen-bond acceptors (Lipinski definition) is 3. The molecule has 0 unspecified atom stereocenters. The molecule has 0 amide bonds. The van der Waals surface area contributed by atoms with Crippen LogP contribution in [0.4, 0.5) is 0 Å². The molecule has 0 aromatic carbocycles. The summed E-state index contributed by atoms with van der Waals surface area (Å²) in [5.74, 6) is 0. The van der Waals surface area contributed by atoms with Crippen molar-refractivity contribution >= 4 is 0 Å². The average Bonchev–Trinajstić information content (AvgIpc) is 2.31. The predicted octanol–water partition coefficient (Wildman–Crippen LogP) is 1.46. The third-order valence-corrected chi connectivity index (χ3v) is 3.68. The summed E-state index contributed by atoms with van der Waals surface area (Å²) in [6, 6.07) is 3.00. The maximum absolute atomic E-state index is 8.71. The maximum atomic E-state index is 8.71. The van der Waals surface area contributed by atoms with Crippen molar-refractivity contribution in [1.82, 2.24) is 9.80 Å². The Hall–Kier alpha value is -0.590. The predicted molar refractivity (Wildman–Crippen MR) is 60.5 cm³/mol. The van der Waals surface area contributed by atoms with Gasteiger partial charge in [0.25, 0.3) is 0 Å². The topological polar surface area (TPSA) is 30.3 Å². The fourth-order valence-electron chi connectivity index (χ4n) is 2.86. The van der Waals surface area contributed by atoms with E-state index in [-0.39, 0.29) is 0 Å². The molecule has 1 atom stereocenters. The van der Waals surface area contributed by atoms with Gasteiger partial charge in [0.1, 0.15) is 0 Å². The van der Waals surface area contributed by atoms with Gasteiger partial charge in [0.15, 0.2) is 0 Å². The van der Waals surface area contributed by atoms with Crippen LogP contribution in [0.5, 0.6) is 0 Å². The molecule has 2 aliphatic rings. The zero-order chi connectivity index (χ0) is 10.5. The lowest BCUT2D eigenvalue weighted by molar-refractivity contribution is 0.0890. The highest BCUT2D eigenvalue weighted by Crippen LogP contribution is 2.19. The summed E-state index contributed by atoms with van der Waals surface area (Å²) in [4.78, 5) is 4.95. The van der Waals surface area contributed by atoms with Gasteiger partial charge >= 0.3 is 0 Å². The summed E-state index contributed by atoms with van der Waals surface area (Å²) in [7, 11) is 0. The highest BCUT2D eigenvalue weighted by Gasteiger charge is 2.25. The van der Waals surface area contributed by atoms with E-state index in [1.54, 1.807) is 0 Å². The molecule has 0 spiro atoms. The first-order valence-electron chi connectivity index (χ1n) is 6.23. The van der Waals surface area contributed by atoms with E-state index in [0.29, 0.717) is 6.54 Å². The van der Waals surface area contributed by atoms with Crippen LogP contribution in [0.25, 0.3) is 0 Å². The minimum Gasteiger partial charge on any atom is -0.299 e. The van der Waals surface area contributed by atoms with Gasteiger partial charge in [-0.25, -0.2) is 0 Å². The number of hydrogen-bond donors (Lipinski definition) is 0. The van der Waals surface area contributed by atoms with E-state index in [0.717, 1.165) is 19.1 Å². The van der Waals surface area contributed by atoms with E-state index < -0.39 is 0 Å². The van der Waals surface area contributed by atoms with Gasteiger partial charge in [-0.05, 0) is 45.3 Å². The number of piperidine rings is 2. The highest BCUT2D eigenvalue weighted by molar-refractivity contribution is 4.86. The van der Waals surface area contributed by atoms with Crippen LogP contribution in [0.2, 0.25) is 0 Å². The lowest BCUT2D eigenvalue weighted by Gasteiger charge is -2.40. The molecule has 0 radical (unpaired) electrons. The second kappa shape index (κ2) is 5.48. The van der Waals surface area contributed by atoms with Crippen molar-refractivity contribution in [3.63, 3.8) is 0 Å². The first-order valence-corrected chi connectivity index (χ1v) is 6.23. The van der Waals surface area contributed by atoms with Crippen molar-refractivity contribution in [3.05, 3.63) is 0 Å². The summed E-state index contributed by atoms with van der Waals surface area (Å²) in [6.07, 6.45) is 6.75. The van der Waals surface area contributed by atoms with Crippen LogP contribution in [-0.2, 0) is 0 Å². The van der Waals surface area contributed by atoms with E-state index in [2.05, 4.69) is 15.9 Å². The second-order valence-electron chi connectivity index (χ2n) is 4.79. The Morgan fingerprint density at radius 2 is 1.87 bits per heavy atom. The van der Waals surface area contributed by atoms with Gasteiger partial charge in [0, 0.05) is 12.6 Å². The molecule has 3 nitrogen and oxygen atoms in total. The van der Waals surface area contributed by atoms with Crippen LogP contribution >= 0.6 is 0 Å². The van der Waals surface area contributed by atoms with E-state index in [4.69, 9.17) is 5.26 Å². The second-order valence-corrected chi connectivity index (χ2v) is 4.79. The van der Waals surface area contributed by atoms with Gasteiger partial charge in [-0.3, -0.25) is 9.80 Å². The summed E-state index contributed by atoms with van der Waals surface area (Å²) in [5, 5.41) is 8.71. The summed E-state index contributed by atoms with van der Waals surface area (Å²) >= 11 is 0. The summed E-state index contributed by atoms with van der Waals surface area (Å²) in [6.45, 7) is 5.42. The smallest absolute Gasteiger partial charge is 0.0866 e. The maximum Gasteiger partial charge on any atom is 0.0866 e. The summed E-state index contributed by atoms with van der Waals surface area (Å²) < 4.78 is 0. The Morgan fingerprint density at radius 1 is 1.07 bits per heavy atom. The van der Waals surface area contributed by atoms with Crippen molar-refractivity contribution < 1.29 is 0 Å². The van der Waals surface area contributed by atoms with Crippen LogP contribution in [0, 0.1) is 11.3 Å². The van der Waals surface area contributed by atoms with Gasteiger partial charge in [-0.1, -0.05) is 6.42 Å². The Kier molecular flexibility index (Phi) is 3.99. The molecule has 2 rings (SSSR count). The standard InChI is InChI=1S/C12H21N3/c13-6-10-14-7-4-5-12(11-14)15-8-2-1-3-9-15/h12H,1-5,7-11H2/t12-/m1/s1. The Balaban J connectivity index is 1.83. The van der Waals surface area contributed by atoms with E-state index >= 15 is 0 Å². The van der Waals surface area contributed by atoms with Crippen molar-refractivity contribution in [1.29, 1.82) is 5.26 Å². The number of nitriles is 1. The van der Waals surface area contributed by atoms with E-state index in [1.165, 1.54) is 45.2 Å². The minimum atomic E-state index is 0.615. The molecule has 2 fully saturated rings. The van der Waals surface area contributed by atoms with Gasteiger partial charge in [0.2, 0.25) is 0 Å². The third kappa shape index (κ3) is 2.93. The molecule has 0 aliphatic carbocycles. The zero-order valence-electron chi connectivity index (χ0n) is 9.49. The highest BCUT2D eigenvalue weighted by atomic mass is 15.2. The minimum absolute atomic E-state index is 0.615. The quantitative estimate of drug-likeness (QED) is 0.642. The Morgan fingerprint density at radius 3 is 2.60 bits per heavy atom. The number of nitrogens with zero attached hydrogens (tertiary/aromatic N) is 3. The lowest BCUT2D eigenvalue weighted by Crippen LogP contribution is -2.49. The van der Waals surface area contributed by atoms with Gasteiger partial charge < -0.3 is 0 Å². The molecule has 0 aromatic heterocycles. The third-order valence-electron chi connectivity index (χ3n) is 3.68. The van der Waals surface area contributed by atoms with E-state index in [1.807, 2.05) is 0 Å². The molecule has 0 bridgehead atoms. The largest absolute Gasteiger partial charge is 0.299 e. The summed E-state index contributed by atoms with van der Waals surface area (Å²) in [5.41, 5.74) is 0. The van der Waals surface area contributed by atoms with Gasteiger partial charge in [-0.2, -0.15) is 5.26 Å². The lowest BCUT2D eigenvalue weighted by atomic mass is 10.0. The van der Waals surface area contributed by atoms with E-state index in [9.17, 15) is 0 Å². The van der Waals surface area contributed by atoms with Crippen LogP contribution in [0.3, 0.4) is 0 Å². The molecule has 2 aliphatic heterocycles.